The first kappa shape index (κ1) is 9.40. The zero-order valence-electron chi connectivity index (χ0n) is 8.05. The number of benzene rings is 2. The molecule has 0 aliphatic carbocycles. The third-order valence-corrected chi connectivity index (χ3v) is 2.23. The third kappa shape index (κ3) is 1.86. The van der Waals surface area contributed by atoms with Gasteiger partial charge in [-0.25, -0.2) is 0 Å². The van der Waals surface area contributed by atoms with Crippen LogP contribution in [0.15, 0.2) is 53.7 Å². The highest BCUT2D eigenvalue weighted by Gasteiger charge is 2.02. The van der Waals surface area contributed by atoms with E-state index >= 15 is 0 Å². The predicted octanol–water partition coefficient (Wildman–Crippen LogP) is 3.33. The van der Waals surface area contributed by atoms with Crippen LogP contribution in [0.3, 0.4) is 0 Å². The van der Waals surface area contributed by atoms with Crippen molar-refractivity contribution in [3.8, 4) is 11.1 Å². The lowest BCUT2D eigenvalue weighted by Crippen LogP contribution is -1.88. The number of anilines is 1. The molecule has 0 aliphatic rings. The van der Waals surface area contributed by atoms with Crippen LogP contribution in [-0.2, 0) is 0 Å². The molecule has 2 rings (SSSR count). The quantitative estimate of drug-likeness (QED) is 0.594. The molecule has 3 heteroatoms. The van der Waals surface area contributed by atoms with Gasteiger partial charge in [-0.05, 0) is 22.9 Å². The van der Waals surface area contributed by atoms with E-state index < -0.39 is 0 Å². The Morgan fingerprint density at radius 3 is 2.33 bits per heavy atom. The van der Waals surface area contributed by atoms with Crippen LogP contribution in [0.1, 0.15) is 0 Å². The van der Waals surface area contributed by atoms with Gasteiger partial charge in [-0.1, -0.05) is 36.4 Å². The van der Waals surface area contributed by atoms with Crippen LogP contribution in [-0.4, -0.2) is 0 Å². The molecule has 0 fully saturated rings. The first-order chi connectivity index (χ1) is 7.31. The molecule has 2 aromatic carbocycles. The minimum absolute atomic E-state index is 0.354. The molecule has 0 unspecified atom stereocenters. The first-order valence-corrected chi connectivity index (χ1v) is 4.59. The highest BCUT2D eigenvalue weighted by Crippen LogP contribution is 2.28. The van der Waals surface area contributed by atoms with E-state index in [9.17, 15) is 4.91 Å². The van der Waals surface area contributed by atoms with Gasteiger partial charge >= 0.3 is 0 Å². The summed E-state index contributed by atoms with van der Waals surface area (Å²) in [6, 6.07) is 14.8. The number of hydrogen-bond acceptors (Lipinski definition) is 3. The van der Waals surface area contributed by atoms with E-state index in [1.165, 1.54) is 0 Å². The molecule has 0 heterocycles. The van der Waals surface area contributed by atoms with Crippen molar-refractivity contribution in [3.63, 3.8) is 0 Å². The molecule has 3 nitrogen and oxygen atoms in total. The van der Waals surface area contributed by atoms with E-state index in [0.29, 0.717) is 11.4 Å². The molecule has 0 atom stereocenters. The number of rotatable bonds is 2. The molecule has 0 radical (unpaired) electrons. The summed E-state index contributed by atoms with van der Waals surface area (Å²) in [5.74, 6) is 0. The number of nitrogens with zero attached hydrogens (tertiary/aromatic N) is 1. The Kier molecular flexibility index (Phi) is 2.46. The normalized spacial score (nSPS) is 9.87. The Morgan fingerprint density at radius 2 is 1.73 bits per heavy atom. The van der Waals surface area contributed by atoms with E-state index in [1.807, 2.05) is 30.3 Å². The lowest BCUT2D eigenvalue weighted by molar-refractivity contribution is 1.49. The summed E-state index contributed by atoms with van der Waals surface area (Å²) < 4.78 is 0. The zero-order chi connectivity index (χ0) is 10.7. The molecule has 2 aromatic rings. The predicted molar refractivity (Wildman–Crippen MR) is 61.7 cm³/mol. The Labute approximate surface area is 87.5 Å². The molecule has 0 saturated heterocycles. The fraction of sp³-hybridized carbons (Fsp3) is 0. The monoisotopic (exact) mass is 198 g/mol. The summed E-state index contributed by atoms with van der Waals surface area (Å²) in [6.07, 6.45) is 0. The first-order valence-electron chi connectivity index (χ1n) is 4.59. The summed E-state index contributed by atoms with van der Waals surface area (Å²) in [6.45, 7) is 0. The van der Waals surface area contributed by atoms with Crippen molar-refractivity contribution >= 4 is 11.4 Å². The van der Waals surface area contributed by atoms with Gasteiger partial charge in [0.2, 0.25) is 0 Å². The largest absolute Gasteiger partial charge is 0.398 e. The van der Waals surface area contributed by atoms with Crippen LogP contribution in [0.2, 0.25) is 0 Å². The minimum Gasteiger partial charge on any atom is -0.398 e. The van der Waals surface area contributed by atoms with Gasteiger partial charge in [-0.2, -0.15) is 0 Å². The van der Waals surface area contributed by atoms with E-state index in [4.69, 9.17) is 5.73 Å². The van der Waals surface area contributed by atoms with E-state index in [1.54, 1.807) is 18.2 Å². The average Bonchev–Trinajstić information content (AvgIpc) is 2.30. The van der Waals surface area contributed by atoms with Crippen molar-refractivity contribution in [2.45, 2.75) is 0 Å². The summed E-state index contributed by atoms with van der Waals surface area (Å²) >= 11 is 0. The second kappa shape index (κ2) is 3.92. The van der Waals surface area contributed by atoms with Crippen molar-refractivity contribution in [2.24, 2.45) is 5.18 Å². The lowest BCUT2D eigenvalue weighted by atomic mass is 10.0. The van der Waals surface area contributed by atoms with Crippen molar-refractivity contribution in [2.75, 3.05) is 5.73 Å². The van der Waals surface area contributed by atoms with Gasteiger partial charge in [0.1, 0.15) is 5.69 Å². The van der Waals surface area contributed by atoms with Gasteiger partial charge in [-0.3, -0.25) is 0 Å². The molecular weight excluding hydrogens is 188 g/mol. The molecule has 2 N–H and O–H groups in total. The van der Waals surface area contributed by atoms with Gasteiger partial charge in [-0.15, -0.1) is 4.91 Å². The van der Waals surface area contributed by atoms with Gasteiger partial charge < -0.3 is 5.73 Å². The Bertz CT molecular complexity index is 480. The third-order valence-electron chi connectivity index (χ3n) is 2.23. The molecule has 0 aliphatic heterocycles. The van der Waals surface area contributed by atoms with Crippen molar-refractivity contribution < 1.29 is 0 Å². The van der Waals surface area contributed by atoms with E-state index in [2.05, 4.69) is 5.18 Å². The summed E-state index contributed by atoms with van der Waals surface area (Å²) in [4.78, 5) is 10.3. The standard InChI is InChI=1S/C12H10N2O/c13-12-8-10(14-15)6-7-11(12)9-4-2-1-3-5-9/h1-8H,13H2. The van der Waals surface area contributed by atoms with Gasteiger partial charge in [0.05, 0.1) is 0 Å². The van der Waals surface area contributed by atoms with Gasteiger partial charge in [0.15, 0.2) is 0 Å². The number of hydrogen-bond donors (Lipinski definition) is 1. The van der Waals surface area contributed by atoms with Gasteiger partial charge in [0.25, 0.3) is 0 Å². The van der Waals surface area contributed by atoms with Crippen molar-refractivity contribution in [1.29, 1.82) is 0 Å². The molecule has 0 bridgehead atoms. The topological polar surface area (TPSA) is 55.4 Å². The summed E-state index contributed by atoms with van der Waals surface area (Å²) in [7, 11) is 0. The lowest BCUT2D eigenvalue weighted by Gasteiger charge is -2.05. The minimum atomic E-state index is 0.354. The molecular formula is C12H10N2O. The fourth-order valence-corrected chi connectivity index (χ4v) is 1.49. The summed E-state index contributed by atoms with van der Waals surface area (Å²) in [5, 5.41) is 2.84. The van der Waals surface area contributed by atoms with Crippen LogP contribution in [0, 0.1) is 4.91 Å². The van der Waals surface area contributed by atoms with Crippen molar-refractivity contribution in [1.82, 2.24) is 0 Å². The highest BCUT2D eigenvalue weighted by atomic mass is 16.3. The highest BCUT2D eigenvalue weighted by molar-refractivity contribution is 5.78. The second-order valence-electron chi connectivity index (χ2n) is 3.23. The zero-order valence-corrected chi connectivity index (χ0v) is 8.05. The Balaban J connectivity index is 2.51. The van der Waals surface area contributed by atoms with Crippen LogP contribution in [0.25, 0.3) is 11.1 Å². The molecule has 0 spiro atoms. The SMILES string of the molecule is Nc1cc(N=O)ccc1-c1ccccc1. The number of nitrogen functional groups attached to an aromatic ring is 1. The van der Waals surface area contributed by atoms with Crippen LogP contribution < -0.4 is 5.73 Å². The van der Waals surface area contributed by atoms with Crippen LogP contribution in [0.4, 0.5) is 11.4 Å². The summed E-state index contributed by atoms with van der Waals surface area (Å²) in [5.41, 5.74) is 8.71. The van der Waals surface area contributed by atoms with Gasteiger partial charge in [0, 0.05) is 11.3 Å². The molecule has 74 valence electrons. The average molecular weight is 198 g/mol. The van der Waals surface area contributed by atoms with Crippen LogP contribution >= 0.6 is 0 Å². The van der Waals surface area contributed by atoms with E-state index in [-0.39, 0.29) is 0 Å². The maximum absolute atomic E-state index is 10.3. The number of nitroso groups, excluding NO2 is 1. The number of nitrogens with two attached hydrogens (primary N) is 1. The van der Waals surface area contributed by atoms with Crippen LogP contribution in [0.5, 0.6) is 0 Å². The molecule has 15 heavy (non-hydrogen) atoms. The molecule has 0 aromatic heterocycles. The Morgan fingerprint density at radius 1 is 1.00 bits per heavy atom. The van der Waals surface area contributed by atoms with Crippen molar-refractivity contribution in [3.05, 3.63) is 53.4 Å². The molecule has 0 saturated carbocycles. The fourth-order valence-electron chi connectivity index (χ4n) is 1.49. The maximum Gasteiger partial charge on any atom is 0.110 e. The second-order valence-corrected chi connectivity index (χ2v) is 3.23. The smallest absolute Gasteiger partial charge is 0.110 e. The maximum atomic E-state index is 10.3. The molecule has 0 amide bonds. The Hall–Kier alpha value is -2.16. The van der Waals surface area contributed by atoms with E-state index in [0.717, 1.165) is 11.1 Å².